The minimum absolute atomic E-state index is 0.1000. The van der Waals surface area contributed by atoms with Crippen molar-refractivity contribution >= 4 is 11.7 Å². The van der Waals surface area contributed by atoms with Crippen LogP contribution in [-0.2, 0) is 5.54 Å². The van der Waals surface area contributed by atoms with Crippen molar-refractivity contribution in [1.82, 2.24) is 24.8 Å². The number of hydrogen-bond donors (Lipinski definition) is 1. The lowest BCUT2D eigenvalue weighted by Crippen LogP contribution is -2.41. The van der Waals surface area contributed by atoms with E-state index in [1.807, 2.05) is 10.9 Å². The fraction of sp³-hybridized carbons (Fsp3) is 0.625. The number of nitrogens with one attached hydrogen (secondary N) is 1. The maximum absolute atomic E-state index is 12.5. The van der Waals surface area contributed by atoms with Gasteiger partial charge in [0, 0.05) is 19.3 Å². The van der Waals surface area contributed by atoms with Crippen molar-refractivity contribution in [2.45, 2.75) is 52.0 Å². The Morgan fingerprint density at radius 3 is 2.83 bits per heavy atom. The molecule has 0 aliphatic carbocycles. The second-order valence-electron chi connectivity index (χ2n) is 7.24. The molecule has 130 valence electrons. The van der Waals surface area contributed by atoms with Crippen LogP contribution in [0.5, 0.6) is 0 Å². The molecule has 0 unspecified atom stereocenters. The van der Waals surface area contributed by atoms with E-state index in [0.29, 0.717) is 23.9 Å². The van der Waals surface area contributed by atoms with E-state index in [1.54, 1.807) is 18.0 Å². The summed E-state index contributed by atoms with van der Waals surface area (Å²) in [5.41, 5.74) is 0.584. The molecule has 0 aromatic carbocycles. The van der Waals surface area contributed by atoms with Gasteiger partial charge in [-0.2, -0.15) is 10.1 Å². The standard InChI is InChI=1S/C16H24N6O2/c1-11-18-14(24-20-11)12-6-5-7-21(9-12)15(23)19-13-8-17-22(10-13)16(2,3)4/h8,10,12H,5-7,9H2,1-4H3,(H,19,23)/t12-/m1/s1. The summed E-state index contributed by atoms with van der Waals surface area (Å²) in [5.74, 6) is 1.34. The van der Waals surface area contributed by atoms with Crippen molar-refractivity contribution in [2.75, 3.05) is 18.4 Å². The van der Waals surface area contributed by atoms with Gasteiger partial charge in [-0.3, -0.25) is 4.68 Å². The second kappa shape index (κ2) is 6.26. The quantitative estimate of drug-likeness (QED) is 0.913. The Bertz CT molecular complexity index is 714. The average Bonchev–Trinajstić information content (AvgIpc) is 3.16. The van der Waals surface area contributed by atoms with Crippen LogP contribution in [0.2, 0.25) is 0 Å². The number of piperidine rings is 1. The molecule has 24 heavy (non-hydrogen) atoms. The van der Waals surface area contributed by atoms with E-state index in [1.165, 1.54) is 0 Å². The van der Waals surface area contributed by atoms with Crippen molar-refractivity contribution in [3.8, 4) is 0 Å². The third kappa shape index (κ3) is 3.58. The Morgan fingerprint density at radius 2 is 2.21 bits per heavy atom. The molecule has 0 saturated carbocycles. The van der Waals surface area contributed by atoms with Crippen LogP contribution in [0.25, 0.3) is 0 Å². The summed E-state index contributed by atoms with van der Waals surface area (Å²) in [5, 5.41) is 11.1. The van der Waals surface area contributed by atoms with Gasteiger partial charge in [0.05, 0.1) is 23.3 Å². The second-order valence-corrected chi connectivity index (χ2v) is 7.24. The first-order chi connectivity index (χ1) is 11.3. The molecular weight excluding hydrogens is 308 g/mol. The molecule has 2 amide bonds. The summed E-state index contributed by atoms with van der Waals surface area (Å²) in [4.78, 5) is 18.6. The van der Waals surface area contributed by atoms with Crippen LogP contribution in [0.4, 0.5) is 10.5 Å². The number of anilines is 1. The summed E-state index contributed by atoms with van der Waals surface area (Å²) >= 11 is 0. The Hall–Kier alpha value is -2.38. The molecule has 2 aromatic rings. The predicted octanol–water partition coefficient (Wildman–Crippen LogP) is 2.74. The van der Waals surface area contributed by atoms with E-state index in [-0.39, 0.29) is 17.5 Å². The monoisotopic (exact) mass is 332 g/mol. The summed E-state index contributed by atoms with van der Waals surface area (Å²) in [6, 6.07) is -0.121. The molecule has 1 fully saturated rings. The van der Waals surface area contributed by atoms with Crippen LogP contribution in [0, 0.1) is 6.92 Å². The highest BCUT2D eigenvalue weighted by Crippen LogP contribution is 2.26. The smallest absolute Gasteiger partial charge is 0.321 e. The number of aryl methyl sites for hydroxylation is 1. The number of likely N-dealkylation sites (tertiary alicyclic amines) is 1. The van der Waals surface area contributed by atoms with Gasteiger partial charge in [-0.1, -0.05) is 5.16 Å². The number of nitrogens with zero attached hydrogens (tertiary/aromatic N) is 5. The number of carbonyl (C=O) groups is 1. The fourth-order valence-corrected chi connectivity index (χ4v) is 2.80. The van der Waals surface area contributed by atoms with Crippen molar-refractivity contribution in [3.05, 3.63) is 24.1 Å². The van der Waals surface area contributed by atoms with E-state index in [9.17, 15) is 4.79 Å². The lowest BCUT2D eigenvalue weighted by atomic mass is 9.98. The SMILES string of the molecule is Cc1noc([C@@H]2CCCN(C(=O)Nc3cnn(C(C)(C)C)c3)C2)n1. The molecule has 8 heteroatoms. The summed E-state index contributed by atoms with van der Waals surface area (Å²) in [6.07, 6.45) is 5.39. The van der Waals surface area contributed by atoms with Gasteiger partial charge in [-0.25, -0.2) is 4.79 Å². The predicted molar refractivity (Wildman–Crippen MR) is 88.8 cm³/mol. The zero-order chi connectivity index (χ0) is 17.3. The molecular formula is C16H24N6O2. The molecule has 8 nitrogen and oxygen atoms in total. The average molecular weight is 332 g/mol. The first-order valence-electron chi connectivity index (χ1n) is 8.24. The number of carbonyl (C=O) groups excluding carboxylic acids is 1. The molecule has 2 aromatic heterocycles. The summed E-state index contributed by atoms with van der Waals surface area (Å²) in [7, 11) is 0. The van der Waals surface area contributed by atoms with Crippen molar-refractivity contribution in [2.24, 2.45) is 0 Å². The zero-order valence-corrected chi connectivity index (χ0v) is 14.6. The van der Waals surface area contributed by atoms with Crippen molar-refractivity contribution in [3.63, 3.8) is 0 Å². The van der Waals surface area contributed by atoms with Crippen LogP contribution in [0.15, 0.2) is 16.9 Å². The maximum Gasteiger partial charge on any atom is 0.321 e. The van der Waals surface area contributed by atoms with E-state index in [4.69, 9.17) is 4.52 Å². The van der Waals surface area contributed by atoms with Crippen LogP contribution in [0.1, 0.15) is 51.2 Å². The molecule has 1 aliphatic heterocycles. The largest absolute Gasteiger partial charge is 0.339 e. The number of hydrogen-bond acceptors (Lipinski definition) is 5. The van der Waals surface area contributed by atoms with Gasteiger partial charge in [0.25, 0.3) is 0 Å². The van der Waals surface area contributed by atoms with E-state index in [2.05, 4.69) is 41.3 Å². The first kappa shape index (κ1) is 16.5. The third-order valence-corrected chi connectivity index (χ3v) is 4.12. The Balaban J connectivity index is 1.63. The van der Waals surface area contributed by atoms with Crippen LogP contribution >= 0.6 is 0 Å². The molecule has 0 spiro atoms. The lowest BCUT2D eigenvalue weighted by molar-refractivity contribution is 0.184. The highest BCUT2D eigenvalue weighted by atomic mass is 16.5. The van der Waals surface area contributed by atoms with Crippen LogP contribution in [-0.4, -0.2) is 43.9 Å². The van der Waals surface area contributed by atoms with Gasteiger partial charge in [0.2, 0.25) is 5.89 Å². The molecule has 3 rings (SSSR count). The minimum Gasteiger partial charge on any atom is -0.339 e. The highest BCUT2D eigenvalue weighted by Gasteiger charge is 2.28. The van der Waals surface area contributed by atoms with Gasteiger partial charge >= 0.3 is 6.03 Å². The first-order valence-corrected chi connectivity index (χ1v) is 8.24. The normalized spacial score (nSPS) is 18.7. The lowest BCUT2D eigenvalue weighted by Gasteiger charge is -2.30. The molecule has 1 saturated heterocycles. The van der Waals surface area contributed by atoms with Crippen LogP contribution in [0.3, 0.4) is 0 Å². The van der Waals surface area contributed by atoms with E-state index < -0.39 is 0 Å². The summed E-state index contributed by atoms with van der Waals surface area (Å²) in [6.45, 7) is 9.30. The fourth-order valence-electron chi connectivity index (χ4n) is 2.80. The highest BCUT2D eigenvalue weighted by molar-refractivity contribution is 5.89. The Labute approximate surface area is 141 Å². The van der Waals surface area contributed by atoms with Gasteiger partial charge < -0.3 is 14.7 Å². The van der Waals surface area contributed by atoms with Gasteiger partial charge in [0.15, 0.2) is 5.82 Å². The van der Waals surface area contributed by atoms with Gasteiger partial charge in [-0.15, -0.1) is 0 Å². The maximum atomic E-state index is 12.5. The number of rotatable bonds is 2. The van der Waals surface area contributed by atoms with Crippen molar-refractivity contribution in [1.29, 1.82) is 0 Å². The van der Waals surface area contributed by atoms with Gasteiger partial charge in [0.1, 0.15) is 0 Å². The zero-order valence-electron chi connectivity index (χ0n) is 14.6. The molecule has 0 bridgehead atoms. The van der Waals surface area contributed by atoms with E-state index >= 15 is 0 Å². The van der Waals surface area contributed by atoms with Gasteiger partial charge in [-0.05, 0) is 40.5 Å². The van der Waals surface area contributed by atoms with Crippen LogP contribution < -0.4 is 5.32 Å². The molecule has 1 atom stereocenters. The number of aromatic nitrogens is 4. The molecule has 1 aliphatic rings. The molecule has 1 N–H and O–H groups in total. The topological polar surface area (TPSA) is 89.1 Å². The third-order valence-electron chi connectivity index (χ3n) is 4.12. The van der Waals surface area contributed by atoms with Crippen molar-refractivity contribution < 1.29 is 9.32 Å². The minimum atomic E-state index is -0.121. The Morgan fingerprint density at radius 1 is 1.42 bits per heavy atom. The molecule has 0 radical (unpaired) electrons. The Kier molecular flexibility index (Phi) is 4.29. The number of urea groups is 1. The van der Waals surface area contributed by atoms with E-state index in [0.717, 1.165) is 19.4 Å². The molecule has 3 heterocycles. The summed E-state index contributed by atoms with van der Waals surface area (Å²) < 4.78 is 7.09. The number of amides is 2.